The minimum atomic E-state index is -0.482. The lowest BCUT2D eigenvalue weighted by Gasteiger charge is -2.36. The number of piperidine rings is 1. The summed E-state index contributed by atoms with van der Waals surface area (Å²) in [4.78, 5) is 24.5. The van der Waals surface area contributed by atoms with Crippen molar-refractivity contribution in [2.24, 2.45) is 11.8 Å². The predicted molar refractivity (Wildman–Crippen MR) is 79.6 cm³/mol. The molecule has 0 bridgehead atoms. The van der Waals surface area contributed by atoms with E-state index in [-0.39, 0.29) is 5.69 Å². The van der Waals surface area contributed by atoms with Gasteiger partial charge in [0.25, 0.3) is 5.69 Å². The van der Waals surface area contributed by atoms with E-state index in [4.69, 9.17) is 4.74 Å². The zero-order valence-electron chi connectivity index (χ0n) is 12.5. The monoisotopic (exact) mass is 292 g/mol. The maximum absolute atomic E-state index is 11.6. The molecule has 2 unspecified atom stereocenters. The summed E-state index contributed by atoms with van der Waals surface area (Å²) in [5.74, 6) is 0.453. The highest BCUT2D eigenvalue weighted by atomic mass is 16.6. The molecule has 1 aromatic rings. The summed E-state index contributed by atoms with van der Waals surface area (Å²) in [6, 6.07) is 4.38. The molecule has 114 valence electrons. The van der Waals surface area contributed by atoms with E-state index in [1.165, 1.54) is 19.2 Å². The lowest BCUT2D eigenvalue weighted by Crippen LogP contribution is -2.39. The van der Waals surface area contributed by atoms with E-state index in [9.17, 15) is 14.9 Å². The first-order valence-corrected chi connectivity index (χ1v) is 7.04. The molecule has 0 radical (unpaired) electrons. The number of hydrogen-bond donors (Lipinski definition) is 0. The number of nitro benzene ring substituents is 1. The SMILES string of the molecule is COC(=O)c1ccc([N+](=O)[O-])c(N2CC(C)CC(C)C2)c1. The summed E-state index contributed by atoms with van der Waals surface area (Å²) in [6.45, 7) is 5.79. The van der Waals surface area contributed by atoms with Gasteiger partial charge in [-0.2, -0.15) is 0 Å². The second-order valence-electron chi connectivity index (χ2n) is 5.80. The molecule has 0 saturated carbocycles. The standard InChI is InChI=1S/C15H20N2O4/c1-10-6-11(2)9-16(8-10)14-7-12(15(18)21-3)4-5-13(14)17(19)20/h4-5,7,10-11H,6,8-9H2,1-3H3. The quantitative estimate of drug-likeness (QED) is 0.486. The van der Waals surface area contributed by atoms with Crippen LogP contribution in [0.2, 0.25) is 0 Å². The molecule has 1 aromatic carbocycles. The largest absolute Gasteiger partial charge is 0.465 e. The van der Waals surface area contributed by atoms with Gasteiger partial charge in [-0.25, -0.2) is 4.79 Å². The van der Waals surface area contributed by atoms with Crippen molar-refractivity contribution in [3.63, 3.8) is 0 Å². The first kappa shape index (κ1) is 15.3. The lowest BCUT2D eigenvalue weighted by atomic mass is 9.91. The number of methoxy groups -OCH3 is 1. The van der Waals surface area contributed by atoms with Crippen molar-refractivity contribution in [2.75, 3.05) is 25.1 Å². The molecule has 0 aliphatic carbocycles. The Morgan fingerprint density at radius 1 is 1.33 bits per heavy atom. The van der Waals surface area contributed by atoms with Crippen LogP contribution in [-0.4, -0.2) is 31.1 Å². The highest BCUT2D eigenvalue weighted by molar-refractivity contribution is 5.91. The highest BCUT2D eigenvalue weighted by Crippen LogP contribution is 2.34. The lowest BCUT2D eigenvalue weighted by molar-refractivity contribution is -0.384. The molecule has 0 amide bonds. The number of nitrogens with zero attached hydrogens (tertiary/aromatic N) is 2. The molecule has 0 aromatic heterocycles. The van der Waals surface area contributed by atoms with Crippen LogP contribution in [0.25, 0.3) is 0 Å². The molecule has 2 atom stereocenters. The highest BCUT2D eigenvalue weighted by Gasteiger charge is 2.28. The number of benzene rings is 1. The van der Waals surface area contributed by atoms with E-state index < -0.39 is 10.9 Å². The minimum absolute atomic E-state index is 0.0314. The summed E-state index contributed by atoms with van der Waals surface area (Å²) in [7, 11) is 1.30. The van der Waals surface area contributed by atoms with E-state index >= 15 is 0 Å². The van der Waals surface area contributed by atoms with E-state index in [1.807, 2.05) is 4.90 Å². The van der Waals surface area contributed by atoms with Crippen LogP contribution < -0.4 is 4.90 Å². The minimum Gasteiger partial charge on any atom is -0.465 e. The van der Waals surface area contributed by atoms with Crippen molar-refractivity contribution in [2.45, 2.75) is 20.3 Å². The first-order valence-electron chi connectivity index (χ1n) is 7.04. The summed E-state index contributed by atoms with van der Waals surface area (Å²) in [5.41, 5.74) is 0.870. The Hall–Kier alpha value is -2.11. The van der Waals surface area contributed by atoms with E-state index in [2.05, 4.69) is 13.8 Å². The molecule has 1 saturated heterocycles. The second-order valence-corrected chi connectivity index (χ2v) is 5.80. The van der Waals surface area contributed by atoms with Gasteiger partial charge in [-0.05, 0) is 30.4 Å². The Balaban J connectivity index is 2.43. The molecule has 6 heteroatoms. The molecule has 2 rings (SSSR count). The van der Waals surface area contributed by atoms with Crippen molar-refractivity contribution in [1.82, 2.24) is 0 Å². The predicted octanol–water partition coefficient (Wildman–Crippen LogP) is 2.86. The average molecular weight is 292 g/mol. The zero-order valence-corrected chi connectivity index (χ0v) is 12.5. The fourth-order valence-electron chi connectivity index (χ4n) is 3.04. The maximum Gasteiger partial charge on any atom is 0.337 e. The Morgan fingerprint density at radius 3 is 2.48 bits per heavy atom. The summed E-state index contributed by atoms with van der Waals surface area (Å²) in [6.07, 6.45) is 1.11. The van der Waals surface area contributed by atoms with Gasteiger partial charge in [-0.15, -0.1) is 0 Å². The van der Waals surface area contributed by atoms with Crippen LogP contribution in [0, 0.1) is 22.0 Å². The van der Waals surface area contributed by atoms with Crippen molar-refractivity contribution < 1.29 is 14.5 Å². The third-order valence-electron chi connectivity index (χ3n) is 3.80. The number of carbonyl (C=O) groups excluding carboxylic acids is 1. The van der Waals surface area contributed by atoms with Crippen LogP contribution >= 0.6 is 0 Å². The molecular weight excluding hydrogens is 272 g/mol. The molecule has 1 aliphatic rings. The fourth-order valence-corrected chi connectivity index (χ4v) is 3.04. The number of anilines is 1. The third-order valence-corrected chi connectivity index (χ3v) is 3.80. The van der Waals surface area contributed by atoms with Gasteiger partial charge in [0.1, 0.15) is 5.69 Å². The van der Waals surface area contributed by atoms with Gasteiger partial charge < -0.3 is 9.64 Å². The van der Waals surface area contributed by atoms with Gasteiger partial charge in [0.05, 0.1) is 17.6 Å². The molecule has 21 heavy (non-hydrogen) atoms. The molecule has 1 fully saturated rings. The number of hydrogen-bond acceptors (Lipinski definition) is 5. The Morgan fingerprint density at radius 2 is 1.95 bits per heavy atom. The Labute approximate surface area is 123 Å². The summed E-state index contributed by atoms with van der Waals surface area (Å²) in [5, 5.41) is 11.2. The second kappa shape index (κ2) is 6.11. The topological polar surface area (TPSA) is 72.7 Å². The van der Waals surface area contributed by atoms with Gasteiger partial charge in [0, 0.05) is 19.2 Å². The van der Waals surface area contributed by atoms with Crippen molar-refractivity contribution in [3.05, 3.63) is 33.9 Å². The fraction of sp³-hybridized carbons (Fsp3) is 0.533. The van der Waals surface area contributed by atoms with Gasteiger partial charge in [-0.3, -0.25) is 10.1 Å². The number of ether oxygens (including phenoxy) is 1. The molecule has 1 aliphatic heterocycles. The summed E-state index contributed by atoms with van der Waals surface area (Å²) < 4.78 is 4.69. The average Bonchev–Trinajstić information content (AvgIpc) is 2.44. The molecule has 6 nitrogen and oxygen atoms in total. The van der Waals surface area contributed by atoms with Crippen molar-refractivity contribution in [3.8, 4) is 0 Å². The van der Waals surface area contributed by atoms with Gasteiger partial charge in [0.15, 0.2) is 0 Å². The van der Waals surface area contributed by atoms with Crippen LogP contribution in [0.15, 0.2) is 18.2 Å². The number of esters is 1. The molecule has 0 N–H and O–H groups in total. The molecular formula is C15H20N2O4. The van der Waals surface area contributed by atoms with Crippen LogP contribution in [0.1, 0.15) is 30.6 Å². The smallest absolute Gasteiger partial charge is 0.337 e. The van der Waals surface area contributed by atoms with E-state index in [1.54, 1.807) is 6.07 Å². The third kappa shape index (κ3) is 3.32. The van der Waals surface area contributed by atoms with Crippen LogP contribution in [0.4, 0.5) is 11.4 Å². The van der Waals surface area contributed by atoms with Crippen LogP contribution in [-0.2, 0) is 4.74 Å². The number of rotatable bonds is 3. The maximum atomic E-state index is 11.6. The van der Waals surface area contributed by atoms with Gasteiger partial charge in [0.2, 0.25) is 0 Å². The van der Waals surface area contributed by atoms with Crippen LogP contribution in [0.3, 0.4) is 0 Å². The van der Waals surface area contributed by atoms with E-state index in [0.717, 1.165) is 19.5 Å². The molecule has 1 heterocycles. The number of nitro groups is 1. The van der Waals surface area contributed by atoms with Gasteiger partial charge >= 0.3 is 5.97 Å². The Kier molecular flexibility index (Phi) is 4.45. The molecule has 0 spiro atoms. The van der Waals surface area contributed by atoms with Gasteiger partial charge in [-0.1, -0.05) is 13.8 Å². The number of carbonyl (C=O) groups is 1. The summed E-state index contributed by atoms with van der Waals surface area (Å²) >= 11 is 0. The van der Waals surface area contributed by atoms with E-state index in [0.29, 0.717) is 23.1 Å². The van der Waals surface area contributed by atoms with Crippen molar-refractivity contribution >= 4 is 17.3 Å². The Bertz CT molecular complexity index is 549. The normalized spacial score (nSPS) is 22.0. The van der Waals surface area contributed by atoms with Crippen LogP contribution in [0.5, 0.6) is 0 Å². The first-order chi connectivity index (χ1) is 9.92. The van der Waals surface area contributed by atoms with Crippen molar-refractivity contribution in [1.29, 1.82) is 0 Å². The zero-order chi connectivity index (χ0) is 15.6.